The van der Waals surface area contributed by atoms with Crippen LogP contribution in [0, 0.1) is 0 Å². The number of halogens is 6. The first-order valence-electron chi connectivity index (χ1n) is 5.54. The van der Waals surface area contributed by atoms with Crippen molar-refractivity contribution in [1.29, 1.82) is 0 Å². The van der Waals surface area contributed by atoms with Crippen LogP contribution in [0.2, 0.25) is 0 Å². The molecule has 0 radical (unpaired) electrons. The van der Waals surface area contributed by atoms with Gasteiger partial charge >= 0.3 is 0 Å². The molecule has 2 rings (SSSR count). The Bertz CT molecular complexity index is 668. The molecule has 0 fully saturated rings. The van der Waals surface area contributed by atoms with E-state index < -0.39 is 0 Å². The van der Waals surface area contributed by atoms with Crippen molar-refractivity contribution in [3.8, 4) is 0 Å². The van der Waals surface area contributed by atoms with Gasteiger partial charge in [0.15, 0.2) is 0 Å². The van der Waals surface area contributed by atoms with E-state index in [9.17, 15) is 0 Å². The standard InChI is InChI=1S/C13H6Br6N2/c14-6-1-9(16)8(10(17)2-6)5-20-21-13-11(18)3-7(15)4-12(13)19/h1-4H,5H2. The Morgan fingerprint density at radius 1 is 0.667 bits per heavy atom. The van der Waals surface area contributed by atoms with Crippen LogP contribution in [-0.4, -0.2) is 0 Å². The lowest BCUT2D eigenvalue weighted by Crippen LogP contribution is -1.86. The summed E-state index contributed by atoms with van der Waals surface area (Å²) in [6.07, 6.45) is 0. The van der Waals surface area contributed by atoms with E-state index in [1.54, 1.807) is 0 Å². The third-order valence-corrected chi connectivity index (χ3v) is 6.03. The lowest BCUT2D eigenvalue weighted by atomic mass is 10.2. The molecule has 0 atom stereocenters. The summed E-state index contributed by atoms with van der Waals surface area (Å²) in [6, 6.07) is 7.84. The number of hydrogen-bond acceptors (Lipinski definition) is 2. The molecule has 0 aromatic heterocycles. The van der Waals surface area contributed by atoms with Gasteiger partial charge in [0, 0.05) is 32.4 Å². The Labute approximate surface area is 173 Å². The molecule has 0 unspecified atom stereocenters. The van der Waals surface area contributed by atoms with Crippen LogP contribution in [0.15, 0.2) is 61.3 Å². The Hall–Kier alpha value is 0.920. The van der Waals surface area contributed by atoms with Gasteiger partial charge in [-0.15, -0.1) is 0 Å². The number of hydrogen-bond donors (Lipinski definition) is 0. The molecule has 0 amide bonds. The summed E-state index contributed by atoms with van der Waals surface area (Å²) in [4.78, 5) is 0. The Kier molecular flexibility index (Phi) is 7.08. The van der Waals surface area contributed by atoms with Crippen molar-refractivity contribution in [3.05, 3.63) is 56.7 Å². The Morgan fingerprint density at radius 3 is 1.57 bits per heavy atom. The number of nitrogens with zero attached hydrogens (tertiary/aromatic N) is 2. The fourth-order valence-corrected chi connectivity index (χ4v) is 6.46. The van der Waals surface area contributed by atoms with Gasteiger partial charge in [0.2, 0.25) is 0 Å². The number of rotatable bonds is 3. The van der Waals surface area contributed by atoms with Gasteiger partial charge in [-0.1, -0.05) is 63.7 Å². The first-order valence-corrected chi connectivity index (χ1v) is 10.3. The Morgan fingerprint density at radius 2 is 1.10 bits per heavy atom. The lowest BCUT2D eigenvalue weighted by Gasteiger charge is -2.06. The van der Waals surface area contributed by atoms with E-state index in [1.165, 1.54) is 0 Å². The average molecular weight is 670 g/mol. The van der Waals surface area contributed by atoms with E-state index in [0.29, 0.717) is 6.54 Å². The van der Waals surface area contributed by atoms with Crippen LogP contribution in [-0.2, 0) is 6.54 Å². The fraction of sp³-hybridized carbons (Fsp3) is 0.0769. The van der Waals surface area contributed by atoms with Crippen LogP contribution in [0.1, 0.15) is 5.56 Å². The summed E-state index contributed by atoms with van der Waals surface area (Å²) < 4.78 is 5.69. The highest BCUT2D eigenvalue weighted by Gasteiger charge is 2.08. The molecule has 0 aliphatic carbocycles. The van der Waals surface area contributed by atoms with Gasteiger partial charge in [0.1, 0.15) is 5.69 Å². The zero-order valence-electron chi connectivity index (χ0n) is 10.2. The first-order chi connectivity index (χ1) is 9.88. The summed E-state index contributed by atoms with van der Waals surface area (Å²) in [6.45, 7) is 0.476. The normalized spacial score (nSPS) is 11.3. The second-order valence-corrected chi connectivity index (χ2v) is 9.21. The zero-order valence-corrected chi connectivity index (χ0v) is 19.7. The average Bonchev–Trinajstić information content (AvgIpc) is 2.34. The maximum absolute atomic E-state index is 4.30. The van der Waals surface area contributed by atoms with Crippen molar-refractivity contribution in [3.63, 3.8) is 0 Å². The van der Waals surface area contributed by atoms with Crippen LogP contribution in [0.5, 0.6) is 0 Å². The molecule has 2 nitrogen and oxygen atoms in total. The molecular formula is C13H6Br6N2. The van der Waals surface area contributed by atoms with Crippen molar-refractivity contribution >= 4 is 101 Å². The molecule has 0 saturated heterocycles. The first kappa shape index (κ1) is 18.3. The van der Waals surface area contributed by atoms with Crippen molar-refractivity contribution in [1.82, 2.24) is 0 Å². The van der Waals surface area contributed by atoms with Crippen LogP contribution >= 0.6 is 95.6 Å². The second-order valence-electron chi connectivity index (χ2n) is 3.97. The van der Waals surface area contributed by atoms with E-state index in [2.05, 4.69) is 106 Å². The Balaban J connectivity index is 2.25. The smallest absolute Gasteiger partial charge is 0.114 e. The minimum Gasteiger partial charge on any atom is -0.184 e. The van der Waals surface area contributed by atoms with Crippen LogP contribution in [0.25, 0.3) is 0 Å². The minimum atomic E-state index is 0.476. The number of azo groups is 1. The molecule has 0 aliphatic rings. The SMILES string of the molecule is Brc1cc(Br)c(CN=Nc2c(Br)cc(Br)cc2Br)c(Br)c1. The predicted octanol–water partition coefficient (Wildman–Crippen LogP) is 8.55. The molecule has 0 heterocycles. The summed E-state index contributed by atoms with van der Waals surface area (Å²) in [5, 5.41) is 8.59. The van der Waals surface area contributed by atoms with Gasteiger partial charge < -0.3 is 0 Å². The molecule has 8 heteroatoms. The molecule has 0 N–H and O–H groups in total. The van der Waals surface area contributed by atoms with E-state index in [0.717, 1.165) is 38.1 Å². The second kappa shape index (κ2) is 8.15. The van der Waals surface area contributed by atoms with E-state index in [-0.39, 0.29) is 0 Å². The van der Waals surface area contributed by atoms with Gasteiger partial charge in [0.05, 0.1) is 6.54 Å². The molecule has 0 bridgehead atoms. The molecule has 110 valence electrons. The monoisotopic (exact) mass is 664 g/mol. The maximum Gasteiger partial charge on any atom is 0.114 e. The molecule has 0 saturated carbocycles. The zero-order chi connectivity index (χ0) is 15.6. The van der Waals surface area contributed by atoms with Crippen molar-refractivity contribution in [2.45, 2.75) is 6.54 Å². The third kappa shape index (κ3) is 4.94. The molecule has 0 spiro atoms. The van der Waals surface area contributed by atoms with Gasteiger partial charge in [0.25, 0.3) is 0 Å². The summed E-state index contributed by atoms with van der Waals surface area (Å²) in [7, 11) is 0. The summed E-state index contributed by atoms with van der Waals surface area (Å²) in [5.74, 6) is 0. The molecule has 21 heavy (non-hydrogen) atoms. The lowest BCUT2D eigenvalue weighted by molar-refractivity contribution is 0.945. The largest absolute Gasteiger partial charge is 0.184 e. The maximum atomic E-state index is 4.30. The molecular weight excluding hydrogens is 664 g/mol. The number of benzene rings is 2. The van der Waals surface area contributed by atoms with Crippen LogP contribution in [0.4, 0.5) is 5.69 Å². The summed E-state index contributed by atoms with van der Waals surface area (Å²) in [5.41, 5.74) is 1.81. The molecule has 2 aromatic carbocycles. The highest BCUT2D eigenvalue weighted by Crippen LogP contribution is 2.37. The predicted molar refractivity (Wildman–Crippen MR) is 107 cm³/mol. The fourth-order valence-electron chi connectivity index (χ4n) is 1.53. The van der Waals surface area contributed by atoms with Crippen LogP contribution < -0.4 is 0 Å². The van der Waals surface area contributed by atoms with Gasteiger partial charge in [-0.3, -0.25) is 0 Å². The van der Waals surface area contributed by atoms with Crippen LogP contribution in [0.3, 0.4) is 0 Å². The highest BCUT2D eigenvalue weighted by molar-refractivity contribution is 9.12. The highest BCUT2D eigenvalue weighted by atomic mass is 79.9. The van der Waals surface area contributed by atoms with Crippen molar-refractivity contribution in [2.75, 3.05) is 0 Å². The summed E-state index contributed by atoms with van der Waals surface area (Å²) >= 11 is 20.9. The van der Waals surface area contributed by atoms with Crippen molar-refractivity contribution in [2.24, 2.45) is 10.2 Å². The molecule has 0 aliphatic heterocycles. The quantitative estimate of drug-likeness (QED) is 0.293. The van der Waals surface area contributed by atoms with Gasteiger partial charge in [-0.05, 0) is 56.1 Å². The van der Waals surface area contributed by atoms with E-state index >= 15 is 0 Å². The third-order valence-electron chi connectivity index (χ3n) is 2.49. The molecule has 2 aromatic rings. The minimum absolute atomic E-state index is 0.476. The topological polar surface area (TPSA) is 24.7 Å². The van der Waals surface area contributed by atoms with Gasteiger partial charge in [-0.2, -0.15) is 10.2 Å². The van der Waals surface area contributed by atoms with Gasteiger partial charge in [-0.25, -0.2) is 0 Å². The van der Waals surface area contributed by atoms with Crippen molar-refractivity contribution < 1.29 is 0 Å². The van der Waals surface area contributed by atoms with E-state index in [1.807, 2.05) is 24.3 Å². The van der Waals surface area contributed by atoms with E-state index in [4.69, 9.17) is 0 Å².